The zero-order valence-electron chi connectivity index (χ0n) is 8.91. The summed E-state index contributed by atoms with van der Waals surface area (Å²) < 4.78 is 0. The van der Waals surface area contributed by atoms with Crippen molar-refractivity contribution < 1.29 is 56.4 Å². The summed E-state index contributed by atoms with van der Waals surface area (Å²) >= 11 is 0. The first kappa shape index (κ1) is 16.6. The van der Waals surface area contributed by atoms with E-state index in [9.17, 15) is 19.2 Å². The topological polar surface area (TPSA) is 149 Å². The smallest absolute Gasteiger partial charge is 0.337 e. The predicted molar refractivity (Wildman–Crippen MR) is 54.3 cm³/mol. The van der Waals surface area contributed by atoms with Gasteiger partial charge in [-0.3, -0.25) is 0 Å². The average Bonchev–Trinajstić information content (AvgIpc) is 2.26. The van der Waals surface area contributed by atoms with E-state index in [4.69, 9.17) is 20.4 Å². The number of carboxylic acid groups (broad SMARTS) is 4. The van der Waals surface area contributed by atoms with E-state index in [1.165, 1.54) is 0 Å². The van der Waals surface area contributed by atoms with Gasteiger partial charge in [0.1, 0.15) is 0 Å². The molecule has 19 heavy (non-hydrogen) atoms. The molecule has 0 aliphatic heterocycles. The second-order valence-electron chi connectivity index (χ2n) is 3.13. The van der Waals surface area contributed by atoms with E-state index in [0.29, 0.717) is 0 Å². The third-order valence-corrected chi connectivity index (χ3v) is 2.09. The Bertz CT molecular complexity index is 526. The van der Waals surface area contributed by atoms with E-state index in [1.54, 1.807) is 0 Å². The van der Waals surface area contributed by atoms with Gasteiger partial charge in [0.15, 0.2) is 0 Å². The van der Waals surface area contributed by atoms with Crippen molar-refractivity contribution in [3.8, 4) is 0 Å². The van der Waals surface area contributed by atoms with Crippen molar-refractivity contribution in [3.63, 3.8) is 0 Å². The van der Waals surface area contributed by atoms with Crippen molar-refractivity contribution in [2.45, 2.75) is 0 Å². The minimum absolute atomic E-state index is 0. The molecule has 0 saturated carbocycles. The van der Waals surface area contributed by atoms with E-state index in [0.717, 1.165) is 12.1 Å². The van der Waals surface area contributed by atoms with E-state index in [1.807, 2.05) is 0 Å². The molecule has 0 spiro atoms. The quantitative estimate of drug-likeness (QED) is 0.627. The Balaban J connectivity index is 0.00000324. The van der Waals surface area contributed by atoms with Crippen LogP contribution >= 0.6 is 0 Å². The molecule has 0 aliphatic rings. The van der Waals surface area contributed by atoms with Crippen LogP contribution in [0.5, 0.6) is 0 Å². The van der Waals surface area contributed by atoms with Gasteiger partial charge in [-0.25, -0.2) is 19.2 Å². The molecule has 0 heterocycles. The maximum atomic E-state index is 10.9. The molecule has 1 rings (SSSR count). The maximum absolute atomic E-state index is 10.9. The molecule has 0 atom stereocenters. The normalized spacial score (nSPS) is 9.26. The summed E-state index contributed by atoms with van der Waals surface area (Å²) in [6.45, 7) is 0. The minimum Gasteiger partial charge on any atom is -0.478 e. The van der Waals surface area contributed by atoms with Crippen molar-refractivity contribution in [3.05, 3.63) is 34.4 Å². The summed E-state index contributed by atoms with van der Waals surface area (Å²) in [6.07, 6.45) is 0. The van der Waals surface area contributed by atoms with Gasteiger partial charge in [-0.2, -0.15) is 0 Å². The van der Waals surface area contributed by atoms with Crippen LogP contribution in [0.3, 0.4) is 0 Å². The van der Waals surface area contributed by atoms with Crippen LogP contribution in [-0.2, 0) is 16.8 Å². The van der Waals surface area contributed by atoms with Crippen LogP contribution in [0.25, 0.3) is 0 Å². The molecule has 9 heteroatoms. The number of rotatable bonds is 4. The van der Waals surface area contributed by atoms with E-state index in [2.05, 4.69) is 0 Å². The number of benzene rings is 1. The largest absolute Gasteiger partial charge is 0.478 e. The maximum Gasteiger partial charge on any atom is 0.337 e. The fourth-order valence-electron chi connectivity index (χ4n) is 1.40. The molecule has 0 saturated heterocycles. The zero-order valence-corrected chi connectivity index (χ0v) is 9.95. The molecule has 1 aromatic rings. The number of carboxylic acids is 4. The average molecular weight is 313 g/mol. The van der Waals surface area contributed by atoms with E-state index >= 15 is 0 Å². The Morgan fingerprint density at radius 2 is 0.895 bits per heavy atom. The molecule has 0 fully saturated rings. The summed E-state index contributed by atoms with van der Waals surface area (Å²) in [4.78, 5) is 43.4. The van der Waals surface area contributed by atoms with Gasteiger partial charge < -0.3 is 20.4 Å². The summed E-state index contributed by atoms with van der Waals surface area (Å²) in [5, 5.41) is 35.2. The Morgan fingerprint density at radius 1 is 0.632 bits per heavy atom. The summed E-state index contributed by atoms with van der Waals surface area (Å²) in [5.74, 6) is -6.97. The molecule has 103 valence electrons. The fraction of sp³-hybridized carbons (Fsp3) is 0. The first-order valence-electron chi connectivity index (χ1n) is 4.37. The summed E-state index contributed by atoms with van der Waals surface area (Å²) in [5.41, 5.74) is -3.69. The molecule has 0 amide bonds. The van der Waals surface area contributed by atoms with Gasteiger partial charge in [-0.1, -0.05) is 0 Å². The van der Waals surface area contributed by atoms with Gasteiger partial charge in [0.25, 0.3) is 0 Å². The summed E-state index contributed by atoms with van der Waals surface area (Å²) in [6, 6.07) is 1.48. The van der Waals surface area contributed by atoms with Crippen LogP contribution in [0.4, 0.5) is 0 Å². The number of hydrogen-bond acceptors (Lipinski definition) is 4. The molecule has 0 aromatic heterocycles. The molecule has 1 radical (unpaired) electrons. The van der Waals surface area contributed by atoms with Crippen LogP contribution in [0.15, 0.2) is 12.1 Å². The minimum atomic E-state index is -1.83. The predicted octanol–water partition coefficient (Wildman–Crippen LogP) is 0.477. The van der Waals surface area contributed by atoms with Crippen molar-refractivity contribution in [2.75, 3.05) is 0 Å². The Morgan fingerprint density at radius 3 is 1.05 bits per heavy atom. The Hall–Kier alpha value is -2.39. The third kappa shape index (κ3) is 3.08. The van der Waals surface area contributed by atoms with Gasteiger partial charge in [0, 0.05) is 16.8 Å². The second-order valence-corrected chi connectivity index (χ2v) is 3.13. The molecular formula is C10H6CoO8. The zero-order chi connectivity index (χ0) is 14.0. The molecule has 4 N–H and O–H groups in total. The van der Waals surface area contributed by atoms with Crippen molar-refractivity contribution in [1.29, 1.82) is 0 Å². The first-order chi connectivity index (χ1) is 8.27. The SMILES string of the molecule is O=C(O)c1ccc(C(=O)O)c(C(=O)O)c1C(=O)O.[Co]. The van der Waals surface area contributed by atoms with Crippen LogP contribution in [0, 0.1) is 0 Å². The third-order valence-electron chi connectivity index (χ3n) is 2.09. The van der Waals surface area contributed by atoms with Crippen molar-refractivity contribution in [2.24, 2.45) is 0 Å². The van der Waals surface area contributed by atoms with Gasteiger partial charge in [-0.05, 0) is 12.1 Å². The van der Waals surface area contributed by atoms with Crippen LogP contribution < -0.4 is 0 Å². The van der Waals surface area contributed by atoms with Crippen molar-refractivity contribution >= 4 is 23.9 Å². The van der Waals surface area contributed by atoms with Gasteiger partial charge in [0.2, 0.25) is 0 Å². The molecule has 0 aliphatic carbocycles. The summed E-state index contributed by atoms with van der Waals surface area (Å²) in [7, 11) is 0. The molecule has 0 bridgehead atoms. The Kier molecular flexibility index (Phi) is 5.22. The molecule has 0 unspecified atom stereocenters. The van der Waals surface area contributed by atoms with Crippen molar-refractivity contribution in [1.82, 2.24) is 0 Å². The molecule has 8 nitrogen and oxygen atoms in total. The number of aromatic carboxylic acids is 4. The number of carbonyl (C=O) groups is 4. The van der Waals surface area contributed by atoms with Gasteiger partial charge >= 0.3 is 23.9 Å². The van der Waals surface area contributed by atoms with E-state index in [-0.39, 0.29) is 16.8 Å². The molecule has 1 aromatic carbocycles. The first-order valence-corrected chi connectivity index (χ1v) is 4.37. The standard InChI is InChI=1S/C10H6O8.Co/c11-7(12)3-1-2-4(8(13)14)6(10(17)18)5(3)9(15)16;/h1-2H,(H,11,12)(H,13,14)(H,15,16)(H,17,18);. The van der Waals surface area contributed by atoms with E-state index < -0.39 is 46.1 Å². The molecular weight excluding hydrogens is 307 g/mol. The Labute approximate surface area is 115 Å². The second kappa shape index (κ2) is 5.97. The fourth-order valence-corrected chi connectivity index (χ4v) is 1.40. The van der Waals surface area contributed by atoms with Crippen LogP contribution in [0.2, 0.25) is 0 Å². The number of hydrogen-bond donors (Lipinski definition) is 4. The van der Waals surface area contributed by atoms with Crippen LogP contribution in [-0.4, -0.2) is 44.3 Å². The van der Waals surface area contributed by atoms with Gasteiger partial charge in [0.05, 0.1) is 22.3 Å². The van der Waals surface area contributed by atoms with Gasteiger partial charge in [-0.15, -0.1) is 0 Å². The van der Waals surface area contributed by atoms with Crippen LogP contribution in [0.1, 0.15) is 41.4 Å². The monoisotopic (exact) mass is 313 g/mol.